The van der Waals surface area contributed by atoms with Crippen molar-refractivity contribution in [1.82, 2.24) is 4.98 Å². The molecule has 17 heavy (non-hydrogen) atoms. The lowest BCUT2D eigenvalue weighted by Gasteiger charge is -2.30. The Morgan fingerprint density at radius 3 is 2.71 bits per heavy atom. The molecule has 0 saturated heterocycles. The summed E-state index contributed by atoms with van der Waals surface area (Å²) in [7, 11) is 2.13. The van der Waals surface area contributed by atoms with Crippen molar-refractivity contribution >= 4 is 5.82 Å². The van der Waals surface area contributed by atoms with E-state index in [4.69, 9.17) is 5.73 Å². The minimum absolute atomic E-state index is 0.204. The van der Waals surface area contributed by atoms with E-state index >= 15 is 0 Å². The molecule has 2 N–H and O–H groups in total. The maximum absolute atomic E-state index is 5.78. The van der Waals surface area contributed by atoms with E-state index in [2.05, 4.69) is 29.1 Å². The molecule has 2 rings (SSSR count). The normalized spacial score (nSPS) is 17.6. The van der Waals surface area contributed by atoms with Crippen LogP contribution in [0.25, 0.3) is 0 Å². The highest BCUT2D eigenvalue weighted by atomic mass is 15.2. The summed E-state index contributed by atoms with van der Waals surface area (Å²) < 4.78 is 0. The second-order valence-corrected chi connectivity index (χ2v) is 5.38. The Morgan fingerprint density at radius 1 is 1.47 bits per heavy atom. The zero-order valence-corrected chi connectivity index (χ0v) is 10.9. The van der Waals surface area contributed by atoms with Crippen LogP contribution in [0.5, 0.6) is 0 Å². The van der Waals surface area contributed by atoms with Gasteiger partial charge in [-0.15, -0.1) is 0 Å². The van der Waals surface area contributed by atoms with Crippen LogP contribution in [-0.4, -0.2) is 24.6 Å². The smallest absolute Gasteiger partial charge is 0.128 e. The van der Waals surface area contributed by atoms with Crippen molar-refractivity contribution in [1.29, 1.82) is 0 Å². The summed E-state index contributed by atoms with van der Waals surface area (Å²) in [5.41, 5.74) is 7.00. The van der Waals surface area contributed by atoms with E-state index in [1.807, 2.05) is 13.1 Å². The van der Waals surface area contributed by atoms with Gasteiger partial charge in [0.1, 0.15) is 5.82 Å². The Labute approximate surface area is 104 Å². The summed E-state index contributed by atoms with van der Waals surface area (Å²) in [5, 5.41) is 0. The van der Waals surface area contributed by atoms with Gasteiger partial charge in [0.2, 0.25) is 0 Å². The number of nitrogens with two attached hydrogens (primary N) is 1. The fraction of sp³-hybridized carbons (Fsp3) is 0.643. The van der Waals surface area contributed by atoms with E-state index in [1.165, 1.54) is 24.8 Å². The number of pyridine rings is 1. The fourth-order valence-electron chi connectivity index (χ4n) is 2.29. The van der Waals surface area contributed by atoms with Gasteiger partial charge in [0.25, 0.3) is 0 Å². The SMILES string of the molecule is CC(N)Cc1ccc(N(C)CC2CCC2)nc1. The van der Waals surface area contributed by atoms with Gasteiger partial charge in [0, 0.05) is 25.8 Å². The highest BCUT2D eigenvalue weighted by molar-refractivity contribution is 5.38. The van der Waals surface area contributed by atoms with Gasteiger partial charge in [-0.25, -0.2) is 4.98 Å². The molecule has 1 unspecified atom stereocenters. The third-order valence-electron chi connectivity index (χ3n) is 3.51. The van der Waals surface area contributed by atoms with Crippen molar-refractivity contribution in [3.8, 4) is 0 Å². The molecular weight excluding hydrogens is 210 g/mol. The van der Waals surface area contributed by atoms with Crippen LogP contribution < -0.4 is 10.6 Å². The van der Waals surface area contributed by atoms with E-state index in [-0.39, 0.29) is 6.04 Å². The van der Waals surface area contributed by atoms with Crippen LogP contribution in [0.3, 0.4) is 0 Å². The summed E-state index contributed by atoms with van der Waals surface area (Å²) in [6.07, 6.45) is 7.02. The lowest BCUT2D eigenvalue weighted by molar-refractivity contribution is 0.321. The maximum atomic E-state index is 5.78. The predicted molar refractivity (Wildman–Crippen MR) is 72.2 cm³/mol. The van der Waals surface area contributed by atoms with Crippen LogP contribution in [0.4, 0.5) is 5.82 Å². The number of aromatic nitrogens is 1. The molecule has 3 heteroatoms. The molecule has 1 aromatic heterocycles. The van der Waals surface area contributed by atoms with Gasteiger partial charge in [-0.1, -0.05) is 12.5 Å². The summed E-state index contributed by atoms with van der Waals surface area (Å²) in [6, 6.07) is 4.45. The van der Waals surface area contributed by atoms with E-state index in [0.29, 0.717) is 0 Å². The molecule has 0 aromatic carbocycles. The summed E-state index contributed by atoms with van der Waals surface area (Å²) >= 11 is 0. The Kier molecular flexibility index (Phi) is 4.00. The number of anilines is 1. The number of hydrogen-bond donors (Lipinski definition) is 1. The number of rotatable bonds is 5. The molecule has 1 aliphatic carbocycles. The average molecular weight is 233 g/mol. The molecule has 1 aromatic rings. The minimum Gasteiger partial charge on any atom is -0.359 e. The average Bonchev–Trinajstić information content (AvgIpc) is 2.23. The van der Waals surface area contributed by atoms with Crippen molar-refractivity contribution in [2.45, 2.75) is 38.6 Å². The maximum Gasteiger partial charge on any atom is 0.128 e. The highest BCUT2D eigenvalue weighted by Crippen LogP contribution is 2.27. The Hall–Kier alpha value is -1.09. The van der Waals surface area contributed by atoms with Crippen LogP contribution in [0.2, 0.25) is 0 Å². The molecule has 94 valence electrons. The molecule has 1 heterocycles. The largest absolute Gasteiger partial charge is 0.359 e. The Bertz CT molecular complexity index is 341. The molecule has 1 atom stereocenters. The zero-order valence-electron chi connectivity index (χ0n) is 10.9. The van der Waals surface area contributed by atoms with Crippen molar-refractivity contribution in [3.63, 3.8) is 0 Å². The molecular formula is C14H23N3. The molecule has 0 amide bonds. The van der Waals surface area contributed by atoms with E-state index < -0.39 is 0 Å². The Balaban J connectivity index is 1.91. The summed E-state index contributed by atoms with van der Waals surface area (Å²) in [4.78, 5) is 6.78. The second kappa shape index (κ2) is 5.50. The lowest BCUT2D eigenvalue weighted by Crippen LogP contribution is -2.29. The van der Waals surface area contributed by atoms with Crippen LogP contribution in [0.15, 0.2) is 18.3 Å². The topological polar surface area (TPSA) is 42.1 Å². The Morgan fingerprint density at radius 2 is 2.24 bits per heavy atom. The lowest BCUT2D eigenvalue weighted by atomic mass is 9.85. The van der Waals surface area contributed by atoms with Gasteiger partial charge >= 0.3 is 0 Å². The molecule has 0 bridgehead atoms. The monoisotopic (exact) mass is 233 g/mol. The fourth-order valence-corrected chi connectivity index (χ4v) is 2.29. The first kappa shape index (κ1) is 12.4. The van der Waals surface area contributed by atoms with Crippen molar-refractivity contribution in [3.05, 3.63) is 23.9 Å². The minimum atomic E-state index is 0.204. The van der Waals surface area contributed by atoms with Crippen molar-refractivity contribution in [2.75, 3.05) is 18.5 Å². The van der Waals surface area contributed by atoms with Gasteiger partial charge in [-0.2, -0.15) is 0 Å². The third-order valence-corrected chi connectivity index (χ3v) is 3.51. The molecule has 0 radical (unpaired) electrons. The molecule has 0 aliphatic heterocycles. The molecule has 1 aliphatic rings. The molecule has 1 saturated carbocycles. The van der Waals surface area contributed by atoms with Gasteiger partial charge in [0.15, 0.2) is 0 Å². The van der Waals surface area contributed by atoms with E-state index in [9.17, 15) is 0 Å². The quantitative estimate of drug-likeness (QED) is 0.848. The van der Waals surface area contributed by atoms with Crippen LogP contribution >= 0.6 is 0 Å². The van der Waals surface area contributed by atoms with Crippen molar-refractivity contribution < 1.29 is 0 Å². The molecule has 0 spiro atoms. The van der Waals surface area contributed by atoms with Gasteiger partial charge < -0.3 is 10.6 Å². The number of hydrogen-bond acceptors (Lipinski definition) is 3. The highest BCUT2D eigenvalue weighted by Gasteiger charge is 2.19. The first-order valence-electron chi connectivity index (χ1n) is 6.57. The van der Waals surface area contributed by atoms with E-state index in [0.717, 1.165) is 24.7 Å². The second-order valence-electron chi connectivity index (χ2n) is 5.38. The third kappa shape index (κ3) is 3.43. The molecule has 1 fully saturated rings. The summed E-state index contributed by atoms with van der Waals surface area (Å²) in [5.74, 6) is 1.95. The predicted octanol–water partition coefficient (Wildman–Crippen LogP) is 2.21. The molecule has 3 nitrogen and oxygen atoms in total. The zero-order chi connectivity index (χ0) is 12.3. The summed E-state index contributed by atoms with van der Waals surface area (Å²) in [6.45, 7) is 3.16. The van der Waals surface area contributed by atoms with Gasteiger partial charge in [-0.05, 0) is 43.7 Å². The van der Waals surface area contributed by atoms with E-state index in [1.54, 1.807) is 0 Å². The van der Waals surface area contributed by atoms with Crippen molar-refractivity contribution in [2.24, 2.45) is 11.7 Å². The van der Waals surface area contributed by atoms with Crippen LogP contribution in [-0.2, 0) is 6.42 Å². The van der Waals surface area contributed by atoms with Crippen LogP contribution in [0.1, 0.15) is 31.7 Å². The standard InChI is InChI=1S/C14H23N3/c1-11(15)8-13-6-7-14(16-9-13)17(2)10-12-4-3-5-12/h6-7,9,11-12H,3-5,8,10,15H2,1-2H3. The first-order chi connectivity index (χ1) is 8.15. The van der Waals surface area contributed by atoms with Gasteiger partial charge in [0.05, 0.1) is 0 Å². The first-order valence-corrected chi connectivity index (χ1v) is 6.57. The van der Waals surface area contributed by atoms with Gasteiger partial charge in [-0.3, -0.25) is 0 Å². The van der Waals surface area contributed by atoms with Crippen LogP contribution in [0, 0.1) is 5.92 Å². The number of nitrogens with zero attached hydrogens (tertiary/aromatic N) is 2.